The molecule has 1 saturated heterocycles. The van der Waals surface area contributed by atoms with Gasteiger partial charge in [0, 0.05) is 18.5 Å². The number of carbonyl (C=O) groups excluding carboxylic acids is 1. The van der Waals surface area contributed by atoms with Crippen molar-refractivity contribution in [1.29, 1.82) is 0 Å². The summed E-state index contributed by atoms with van der Waals surface area (Å²) >= 11 is 0. The lowest BCUT2D eigenvalue weighted by molar-refractivity contribution is -0.274. The van der Waals surface area contributed by atoms with Crippen LogP contribution in [0.25, 0.3) is 0 Å². The summed E-state index contributed by atoms with van der Waals surface area (Å²) in [6, 6.07) is 6.10. The number of alkyl halides is 3. The van der Waals surface area contributed by atoms with Gasteiger partial charge in [0.1, 0.15) is 5.75 Å². The maximum absolute atomic E-state index is 12.3. The first-order valence-electron chi connectivity index (χ1n) is 9.48. The van der Waals surface area contributed by atoms with Gasteiger partial charge in [-0.1, -0.05) is 19.1 Å². The molecule has 7 heteroatoms. The van der Waals surface area contributed by atoms with Crippen LogP contribution in [0.1, 0.15) is 38.2 Å². The lowest BCUT2D eigenvalue weighted by Crippen LogP contribution is -2.59. The van der Waals surface area contributed by atoms with Crippen molar-refractivity contribution < 1.29 is 27.8 Å². The zero-order valence-electron chi connectivity index (χ0n) is 15.5. The Bertz CT molecular complexity index is 649. The number of ether oxygens (including phenoxy) is 1. The Kier molecular flexibility index (Phi) is 5.70. The molecule has 1 amide bonds. The van der Waals surface area contributed by atoms with Crippen LogP contribution in [0, 0.1) is 17.3 Å². The minimum Gasteiger partial charge on any atom is -0.406 e. The number of aliphatic hydroxyl groups excluding tert-OH is 1. The third-order valence-electron chi connectivity index (χ3n) is 5.91. The second-order valence-electron chi connectivity index (χ2n) is 7.99. The molecule has 1 heterocycles. The Balaban J connectivity index is 1.49. The van der Waals surface area contributed by atoms with Gasteiger partial charge in [0.05, 0.1) is 12.5 Å². The van der Waals surface area contributed by atoms with Crippen molar-refractivity contribution in [3.05, 3.63) is 29.8 Å². The number of halogens is 3. The second kappa shape index (κ2) is 7.70. The Morgan fingerprint density at radius 3 is 2.56 bits per heavy atom. The van der Waals surface area contributed by atoms with Crippen LogP contribution in [0.15, 0.2) is 24.3 Å². The van der Waals surface area contributed by atoms with E-state index in [-0.39, 0.29) is 29.6 Å². The monoisotopic (exact) mass is 385 g/mol. The van der Waals surface area contributed by atoms with Gasteiger partial charge in [-0.2, -0.15) is 0 Å². The highest BCUT2D eigenvalue weighted by molar-refractivity contribution is 5.80. The Morgan fingerprint density at radius 2 is 2.00 bits per heavy atom. The van der Waals surface area contributed by atoms with Gasteiger partial charge < -0.3 is 14.7 Å². The molecule has 2 aliphatic rings. The normalized spacial score (nSPS) is 22.6. The van der Waals surface area contributed by atoms with Crippen molar-refractivity contribution in [2.75, 3.05) is 19.7 Å². The summed E-state index contributed by atoms with van der Waals surface area (Å²) in [4.78, 5) is 14.2. The molecular formula is C20H26F3NO3. The predicted molar refractivity (Wildman–Crippen MR) is 94.0 cm³/mol. The number of amides is 1. The van der Waals surface area contributed by atoms with E-state index in [0.717, 1.165) is 44.3 Å². The largest absolute Gasteiger partial charge is 0.573 e. The van der Waals surface area contributed by atoms with Gasteiger partial charge >= 0.3 is 6.36 Å². The fourth-order valence-corrected chi connectivity index (χ4v) is 4.51. The molecule has 0 bridgehead atoms. The minimum absolute atomic E-state index is 0.0503. The van der Waals surface area contributed by atoms with E-state index < -0.39 is 6.36 Å². The van der Waals surface area contributed by atoms with Gasteiger partial charge in [0.25, 0.3) is 0 Å². The molecule has 1 aliphatic carbocycles. The fraction of sp³-hybridized carbons (Fsp3) is 0.650. The zero-order valence-corrected chi connectivity index (χ0v) is 15.5. The molecule has 0 unspecified atom stereocenters. The van der Waals surface area contributed by atoms with Crippen molar-refractivity contribution in [3.63, 3.8) is 0 Å². The molecule has 150 valence electrons. The first kappa shape index (κ1) is 20.0. The fourth-order valence-electron chi connectivity index (χ4n) is 4.51. The van der Waals surface area contributed by atoms with E-state index in [9.17, 15) is 23.1 Å². The van der Waals surface area contributed by atoms with Crippen molar-refractivity contribution in [2.24, 2.45) is 17.3 Å². The molecule has 1 N–H and O–H groups in total. The van der Waals surface area contributed by atoms with E-state index in [0.29, 0.717) is 12.3 Å². The van der Waals surface area contributed by atoms with Crippen molar-refractivity contribution >= 4 is 5.91 Å². The molecule has 1 spiro atoms. The predicted octanol–water partition coefficient (Wildman–Crippen LogP) is 3.77. The van der Waals surface area contributed by atoms with E-state index in [1.54, 1.807) is 12.1 Å². The quantitative estimate of drug-likeness (QED) is 0.811. The SMILES string of the molecule is CC[C@H](CO)C(=O)N1CC2(CC[C@@H](Cc3ccc(OC(F)(F)F)cc3)C2)C1. The van der Waals surface area contributed by atoms with Crippen molar-refractivity contribution in [3.8, 4) is 5.75 Å². The van der Waals surface area contributed by atoms with Crippen LogP contribution in [-0.2, 0) is 11.2 Å². The first-order valence-corrected chi connectivity index (χ1v) is 9.48. The van der Waals surface area contributed by atoms with Crippen LogP contribution >= 0.6 is 0 Å². The average molecular weight is 385 g/mol. The number of rotatable bonds is 6. The lowest BCUT2D eigenvalue weighted by Gasteiger charge is -2.49. The maximum atomic E-state index is 12.3. The number of hydrogen-bond donors (Lipinski definition) is 1. The maximum Gasteiger partial charge on any atom is 0.573 e. The minimum atomic E-state index is -4.67. The van der Waals surface area contributed by atoms with E-state index in [1.165, 1.54) is 12.1 Å². The molecule has 1 aromatic carbocycles. The zero-order chi connectivity index (χ0) is 19.7. The van der Waals surface area contributed by atoms with Crippen molar-refractivity contribution in [2.45, 2.75) is 45.4 Å². The third kappa shape index (κ3) is 4.75. The summed E-state index contributed by atoms with van der Waals surface area (Å²) in [5.74, 6) is 0.0411. The summed E-state index contributed by atoms with van der Waals surface area (Å²) in [7, 11) is 0. The number of aliphatic hydroxyl groups is 1. The molecule has 2 atom stereocenters. The van der Waals surface area contributed by atoms with Crippen LogP contribution in [0.4, 0.5) is 13.2 Å². The van der Waals surface area contributed by atoms with Crippen LogP contribution in [0.2, 0.25) is 0 Å². The van der Waals surface area contributed by atoms with Crippen LogP contribution in [-0.4, -0.2) is 42.0 Å². The van der Waals surface area contributed by atoms with Gasteiger partial charge in [-0.25, -0.2) is 0 Å². The van der Waals surface area contributed by atoms with E-state index in [1.807, 2.05) is 11.8 Å². The van der Waals surface area contributed by atoms with Crippen LogP contribution in [0.3, 0.4) is 0 Å². The Morgan fingerprint density at radius 1 is 1.33 bits per heavy atom. The highest BCUT2D eigenvalue weighted by atomic mass is 19.4. The van der Waals surface area contributed by atoms with Crippen LogP contribution in [0.5, 0.6) is 5.75 Å². The smallest absolute Gasteiger partial charge is 0.406 e. The number of nitrogens with zero attached hydrogens (tertiary/aromatic N) is 1. The van der Waals surface area contributed by atoms with Gasteiger partial charge in [-0.15, -0.1) is 13.2 Å². The Labute approximate surface area is 157 Å². The molecule has 2 fully saturated rings. The molecule has 1 saturated carbocycles. The van der Waals surface area contributed by atoms with E-state index in [2.05, 4.69) is 4.74 Å². The number of benzene rings is 1. The highest BCUT2D eigenvalue weighted by Gasteiger charge is 2.50. The lowest BCUT2D eigenvalue weighted by atomic mass is 9.76. The summed E-state index contributed by atoms with van der Waals surface area (Å²) in [6.45, 7) is 3.33. The molecule has 1 aromatic rings. The van der Waals surface area contributed by atoms with Gasteiger partial charge in [0.2, 0.25) is 5.91 Å². The second-order valence-corrected chi connectivity index (χ2v) is 7.99. The first-order chi connectivity index (χ1) is 12.7. The summed E-state index contributed by atoms with van der Waals surface area (Å²) in [5, 5.41) is 9.29. The van der Waals surface area contributed by atoms with Gasteiger partial charge in [-0.3, -0.25) is 4.79 Å². The molecule has 0 aromatic heterocycles. The summed E-state index contributed by atoms with van der Waals surface area (Å²) < 4.78 is 40.6. The molecule has 1 aliphatic heterocycles. The Hall–Kier alpha value is -1.76. The topological polar surface area (TPSA) is 49.8 Å². The van der Waals surface area contributed by atoms with Gasteiger partial charge in [0.15, 0.2) is 0 Å². The molecule has 3 rings (SSSR count). The summed E-state index contributed by atoms with van der Waals surface area (Å²) in [6.07, 6.45) is -0.00834. The van der Waals surface area contributed by atoms with E-state index >= 15 is 0 Å². The van der Waals surface area contributed by atoms with E-state index in [4.69, 9.17) is 0 Å². The van der Waals surface area contributed by atoms with Crippen molar-refractivity contribution in [1.82, 2.24) is 4.90 Å². The molecule has 0 radical (unpaired) electrons. The molecule has 27 heavy (non-hydrogen) atoms. The molecular weight excluding hydrogens is 359 g/mol. The van der Waals surface area contributed by atoms with Gasteiger partial charge in [-0.05, 0) is 55.7 Å². The number of hydrogen-bond acceptors (Lipinski definition) is 3. The van der Waals surface area contributed by atoms with Crippen LogP contribution < -0.4 is 4.74 Å². The average Bonchev–Trinajstić information content (AvgIpc) is 2.99. The number of likely N-dealkylation sites (tertiary alicyclic amines) is 1. The third-order valence-corrected chi connectivity index (χ3v) is 5.91. The standard InChI is InChI=1S/C20H26F3NO3/c1-2-16(11-25)18(26)24-12-19(13-24)8-7-15(10-19)9-14-3-5-17(6-4-14)27-20(21,22)23/h3-6,15-16,25H,2,7-13H2,1H3/t15-,16+/m0/s1. The highest BCUT2D eigenvalue weighted by Crippen LogP contribution is 2.49. The summed E-state index contributed by atoms with van der Waals surface area (Å²) in [5.41, 5.74) is 1.19. The molecule has 4 nitrogen and oxygen atoms in total. The number of carbonyl (C=O) groups is 1.